The van der Waals surface area contributed by atoms with Crippen molar-refractivity contribution >= 4 is 17.6 Å². The van der Waals surface area contributed by atoms with Crippen LogP contribution >= 0.6 is 0 Å². The number of piperidine rings is 1. The predicted molar refractivity (Wildman–Crippen MR) is 105 cm³/mol. The van der Waals surface area contributed by atoms with Crippen molar-refractivity contribution in [2.45, 2.75) is 38.8 Å². The third kappa shape index (κ3) is 3.10. The molecule has 2 aliphatic rings. The van der Waals surface area contributed by atoms with Crippen LogP contribution in [0.2, 0.25) is 0 Å². The minimum Gasteiger partial charge on any atom is -0.514 e. The maximum Gasteiger partial charge on any atom is 0.255 e. The Morgan fingerprint density at radius 3 is 2.76 bits per heavy atom. The second-order valence-corrected chi connectivity index (χ2v) is 7.17. The highest BCUT2D eigenvalue weighted by Crippen LogP contribution is 2.35. The summed E-state index contributed by atoms with van der Waals surface area (Å²) in [5, 5.41) is 12.0. The summed E-state index contributed by atoms with van der Waals surface area (Å²) in [7, 11) is 0. The zero-order chi connectivity index (χ0) is 20.7. The number of amides is 2. The summed E-state index contributed by atoms with van der Waals surface area (Å²) in [4.78, 5) is 30.2. The maximum atomic E-state index is 15.3. The van der Waals surface area contributed by atoms with Crippen molar-refractivity contribution in [1.29, 1.82) is 0 Å². The number of benzene rings is 1. The minimum atomic E-state index is -0.516. The Bertz CT molecular complexity index is 1050. The zero-order valence-electron chi connectivity index (χ0n) is 15.9. The van der Waals surface area contributed by atoms with E-state index < -0.39 is 11.9 Å². The van der Waals surface area contributed by atoms with Gasteiger partial charge in [0.15, 0.2) is 0 Å². The number of carbonyl (C=O) groups excluding carboxylic acids is 2. The number of nitrogens with two attached hydrogens (primary N) is 1. The van der Waals surface area contributed by atoms with Crippen LogP contribution in [0.5, 0.6) is 0 Å². The lowest BCUT2D eigenvalue weighted by Gasteiger charge is -2.32. The number of aliphatic hydroxyl groups excluding tert-OH is 1. The van der Waals surface area contributed by atoms with Crippen molar-refractivity contribution in [3.8, 4) is 11.3 Å². The largest absolute Gasteiger partial charge is 0.514 e. The lowest BCUT2D eigenvalue weighted by molar-refractivity contribution is -0.122. The topological polar surface area (TPSA) is 109 Å². The van der Waals surface area contributed by atoms with Gasteiger partial charge in [-0.15, -0.1) is 0 Å². The quantitative estimate of drug-likeness (QED) is 0.691. The number of rotatable bonds is 3. The number of hydrogen-bond acceptors (Lipinski definition) is 5. The van der Waals surface area contributed by atoms with Crippen molar-refractivity contribution in [2.75, 3.05) is 5.73 Å². The molecule has 2 aromatic rings. The van der Waals surface area contributed by atoms with Crippen molar-refractivity contribution < 1.29 is 19.1 Å². The molecule has 150 valence electrons. The summed E-state index contributed by atoms with van der Waals surface area (Å²) in [6, 6.07) is 6.15. The van der Waals surface area contributed by atoms with Gasteiger partial charge in [0.05, 0.1) is 24.0 Å². The van der Waals surface area contributed by atoms with Gasteiger partial charge in [0.1, 0.15) is 17.9 Å². The van der Waals surface area contributed by atoms with Crippen molar-refractivity contribution in [3.63, 3.8) is 0 Å². The highest BCUT2D eigenvalue weighted by molar-refractivity contribution is 5.99. The fourth-order valence-corrected chi connectivity index (χ4v) is 3.95. The third-order valence-corrected chi connectivity index (χ3v) is 5.53. The van der Waals surface area contributed by atoms with Gasteiger partial charge < -0.3 is 21.1 Å². The fourth-order valence-electron chi connectivity index (χ4n) is 3.95. The number of anilines is 1. The molecule has 1 atom stereocenters. The van der Waals surface area contributed by atoms with Gasteiger partial charge in [-0.1, -0.05) is 13.0 Å². The van der Waals surface area contributed by atoms with Crippen LogP contribution in [-0.4, -0.2) is 32.8 Å². The number of nitrogens with one attached hydrogen (secondary N) is 1. The monoisotopic (exact) mass is 396 g/mol. The molecule has 2 aliphatic heterocycles. The molecule has 1 fully saturated rings. The van der Waals surface area contributed by atoms with E-state index in [1.54, 1.807) is 12.1 Å². The van der Waals surface area contributed by atoms with Gasteiger partial charge in [-0.05, 0) is 36.6 Å². The molecule has 2 amide bonds. The molecule has 1 saturated heterocycles. The van der Waals surface area contributed by atoms with E-state index in [0.717, 1.165) is 18.2 Å². The minimum absolute atomic E-state index is 0.0498. The van der Waals surface area contributed by atoms with Gasteiger partial charge in [0.2, 0.25) is 5.91 Å². The summed E-state index contributed by atoms with van der Waals surface area (Å²) in [6.07, 6.45) is 2.11. The summed E-state index contributed by atoms with van der Waals surface area (Å²) in [6.45, 7) is 2.01. The summed E-state index contributed by atoms with van der Waals surface area (Å²) >= 11 is 0. The number of aliphatic hydroxyl groups is 1. The average molecular weight is 396 g/mol. The van der Waals surface area contributed by atoms with Crippen LogP contribution in [0.1, 0.15) is 41.3 Å². The molecule has 0 bridgehead atoms. The van der Waals surface area contributed by atoms with Crippen LogP contribution < -0.4 is 11.1 Å². The third-order valence-electron chi connectivity index (χ3n) is 5.53. The van der Waals surface area contributed by atoms with Crippen LogP contribution in [-0.2, 0) is 17.8 Å². The van der Waals surface area contributed by atoms with Gasteiger partial charge in [-0.2, -0.15) is 0 Å². The molecule has 0 radical (unpaired) electrons. The summed E-state index contributed by atoms with van der Waals surface area (Å²) in [5.41, 5.74) is 8.33. The molecule has 1 aromatic heterocycles. The standard InChI is InChI=1S/C21H21FN4O3/c1-2-11-3-6-15(25-20(11)23)13-5-4-12-14(19(13)22)9-26(21(12)29)17-7-8-18(28)24-16(17)10-27/h3-6,10,17,27H,2,7-9H2,1H3,(H2,23,25)(H,24,28). The lowest BCUT2D eigenvalue weighted by atomic mass is 10.0. The van der Waals surface area contributed by atoms with E-state index in [0.29, 0.717) is 17.9 Å². The molecule has 1 aromatic carbocycles. The molecular weight excluding hydrogens is 375 g/mol. The van der Waals surface area contributed by atoms with E-state index in [-0.39, 0.29) is 47.2 Å². The average Bonchev–Trinajstić information content (AvgIpc) is 3.05. The first-order chi connectivity index (χ1) is 13.9. The molecule has 1 unspecified atom stereocenters. The number of hydrogen-bond donors (Lipinski definition) is 3. The van der Waals surface area contributed by atoms with Crippen LogP contribution in [0.15, 0.2) is 36.2 Å². The predicted octanol–water partition coefficient (Wildman–Crippen LogP) is 2.67. The Hall–Kier alpha value is -3.42. The number of carbonyl (C=O) groups is 2. The molecular formula is C21H21FN4O3. The fraction of sp³-hybridized carbons (Fsp3) is 0.286. The Morgan fingerprint density at radius 1 is 1.31 bits per heavy atom. The van der Waals surface area contributed by atoms with E-state index in [9.17, 15) is 14.7 Å². The van der Waals surface area contributed by atoms with E-state index in [1.807, 2.05) is 13.0 Å². The molecule has 0 saturated carbocycles. The van der Waals surface area contributed by atoms with Gasteiger partial charge in [0, 0.05) is 23.1 Å². The van der Waals surface area contributed by atoms with Gasteiger partial charge in [0.25, 0.3) is 5.91 Å². The van der Waals surface area contributed by atoms with Crippen molar-refractivity contribution in [3.05, 3.63) is 58.7 Å². The van der Waals surface area contributed by atoms with Crippen molar-refractivity contribution in [2.24, 2.45) is 0 Å². The van der Waals surface area contributed by atoms with Crippen LogP contribution in [0.25, 0.3) is 11.3 Å². The van der Waals surface area contributed by atoms with E-state index in [1.165, 1.54) is 11.0 Å². The molecule has 3 heterocycles. The zero-order valence-corrected chi connectivity index (χ0v) is 15.9. The first-order valence-electron chi connectivity index (χ1n) is 9.46. The van der Waals surface area contributed by atoms with Crippen molar-refractivity contribution in [1.82, 2.24) is 15.2 Å². The molecule has 29 heavy (non-hydrogen) atoms. The number of fused-ring (bicyclic) bond motifs is 1. The first-order valence-corrected chi connectivity index (χ1v) is 9.46. The molecule has 0 spiro atoms. The lowest BCUT2D eigenvalue weighted by Crippen LogP contribution is -2.46. The van der Waals surface area contributed by atoms with E-state index in [4.69, 9.17) is 5.73 Å². The molecule has 4 N–H and O–H groups in total. The Labute approximate surface area is 167 Å². The second kappa shape index (κ2) is 7.20. The highest BCUT2D eigenvalue weighted by Gasteiger charge is 2.39. The summed E-state index contributed by atoms with van der Waals surface area (Å²) < 4.78 is 15.3. The van der Waals surface area contributed by atoms with Crippen LogP contribution in [0.3, 0.4) is 0 Å². The van der Waals surface area contributed by atoms with Crippen LogP contribution in [0, 0.1) is 5.82 Å². The number of nitrogen functional groups attached to an aromatic ring is 1. The Balaban J connectivity index is 1.69. The van der Waals surface area contributed by atoms with Gasteiger partial charge in [-0.3, -0.25) is 9.59 Å². The second-order valence-electron chi connectivity index (χ2n) is 7.17. The van der Waals surface area contributed by atoms with Gasteiger partial charge in [-0.25, -0.2) is 9.37 Å². The smallest absolute Gasteiger partial charge is 0.255 e. The maximum absolute atomic E-state index is 15.3. The van der Waals surface area contributed by atoms with Crippen LogP contribution in [0.4, 0.5) is 10.2 Å². The number of aromatic nitrogens is 1. The molecule has 8 heteroatoms. The van der Waals surface area contributed by atoms with Gasteiger partial charge >= 0.3 is 0 Å². The molecule has 0 aliphatic carbocycles. The molecule has 4 rings (SSSR count). The van der Waals surface area contributed by atoms with E-state index >= 15 is 4.39 Å². The Morgan fingerprint density at radius 2 is 2.07 bits per heavy atom. The Kier molecular flexibility index (Phi) is 4.70. The number of pyridine rings is 1. The molecule has 7 nitrogen and oxygen atoms in total. The number of halogens is 1. The first kappa shape index (κ1) is 18.9. The number of aryl methyl sites for hydroxylation is 1. The highest BCUT2D eigenvalue weighted by atomic mass is 19.1. The number of nitrogens with zero attached hydrogens (tertiary/aromatic N) is 2. The SMILES string of the molecule is CCc1ccc(-c2ccc3c(c2F)CN(C2CCC(=O)NC2=CO)C3=O)nc1N. The summed E-state index contributed by atoms with van der Waals surface area (Å²) in [5.74, 6) is -0.708. The van der Waals surface area contributed by atoms with E-state index in [2.05, 4.69) is 10.3 Å². The normalized spacial score (nSPS) is 20.1.